The van der Waals surface area contributed by atoms with Gasteiger partial charge >= 0.3 is 5.97 Å². The molecule has 6 N–H and O–H groups in total. The van der Waals surface area contributed by atoms with E-state index in [0.717, 1.165) is 0 Å². The van der Waals surface area contributed by atoms with E-state index in [1.807, 2.05) is 13.8 Å². The first-order chi connectivity index (χ1) is 24.2. The molecule has 5 atom stereocenters. The summed E-state index contributed by atoms with van der Waals surface area (Å²) in [6.07, 6.45) is 0.460. The smallest absolute Gasteiger partial charge is 0.324 e. The van der Waals surface area contributed by atoms with Crippen LogP contribution in [0.3, 0.4) is 0 Å². The number of likely N-dealkylation sites (N-methyl/N-ethyl adjacent to an activating group) is 2. The molecule has 272 valence electrons. The lowest BCUT2D eigenvalue weighted by Crippen LogP contribution is -2.54. The second-order valence-electron chi connectivity index (χ2n) is 12.8. The van der Waals surface area contributed by atoms with Crippen LogP contribution >= 0.6 is 0 Å². The molecule has 0 bridgehead atoms. The normalized spacial score (nSPS) is 14.2. The number of carbonyl (C=O) groups is 4. The van der Waals surface area contributed by atoms with Gasteiger partial charge in [0.15, 0.2) is 6.10 Å². The summed E-state index contributed by atoms with van der Waals surface area (Å²) in [7, 11) is 4.90. The number of benzene rings is 3. The Morgan fingerprint density at radius 2 is 1.37 bits per heavy atom. The van der Waals surface area contributed by atoms with Crippen molar-refractivity contribution in [3.63, 3.8) is 0 Å². The number of ether oxygens (including phenoxy) is 1. The number of nitrogens with one attached hydrogen (secondary N) is 4. The highest BCUT2D eigenvalue weighted by atomic mass is 16.5. The number of aromatic hydroxyl groups is 1. The molecule has 51 heavy (non-hydrogen) atoms. The third-order valence-corrected chi connectivity index (χ3v) is 8.11. The molecule has 0 heterocycles. The molecular formula is C39H49N5O7. The average Bonchev–Trinajstić information content (AvgIpc) is 3.10. The third-order valence-electron chi connectivity index (χ3n) is 8.11. The van der Waals surface area contributed by atoms with Gasteiger partial charge in [0.2, 0.25) is 5.91 Å². The summed E-state index contributed by atoms with van der Waals surface area (Å²) >= 11 is 0. The fourth-order valence-electron chi connectivity index (χ4n) is 5.38. The molecule has 0 saturated carbocycles. The minimum absolute atomic E-state index is 0.0846. The Morgan fingerprint density at radius 1 is 0.804 bits per heavy atom. The molecule has 0 saturated heterocycles. The number of phenolic OH excluding ortho intramolecular Hbond substituents is 1. The van der Waals surface area contributed by atoms with Crippen LogP contribution in [0.15, 0.2) is 102 Å². The minimum atomic E-state index is -1.48. The van der Waals surface area contributed by atoms with Crippen LogP contribution in [0.1, 0.15) is 56.6 Å². The summed E-state index contributed by atoms with van der Waals surface area (Å²) in [6.45, 7) is 6.94. The number of phenols is 1. The Balaban J connectivity index is 2.00. The maximum Gasteiger partial charge on any atom is 0.324 e. The molecular weight excluding hydrogens is 650 g/mol. The molecule has 0 unspecified atom stereocenters. The molecule has 3 aromatic rings. The van der Waals surface area contributed by atoms with E-state index in [1.165, 1.54) is 18.3 Å². The van der Waals surface area contributed by atoms with E-state index in [1.54, 1.807) is 119 Å². The zero-order valence-corrected chi connectivity index (χ0v) is 30.1. The van der Waals surface area contributed by atoms with Crippen molar-refractivity contribution in [1.29, 1.82) is 0 Å². The van der Waals surface area contributed by atoms with Gasteiger partial charge < -0.3 is 36.2 Å². The Hall–Kier alpha value is -5.30. The number of rotatable bonds is 16. The predicted octanol–water partition coefficient (Wildman–Crippen LogP) is 3.57. The Morgan fingerprint density at radius 3 is 1.88 bits per heavy atom. The highest BCUT2D eigenvalue weighted by Gasteiger charge is 2.38. The van der Waals surface area contributed by atoms with E-state index in [9.17, 15) is 29.4 Å². The van der Waals surface area contributed by atoms with Crippen LogP contribution in [0.2, 0.25) is 0 Å². The Kier molecular flexibility index (Phi) is 15.1. The molecule has 3 amide bonds. The molecule has 3 aromatic carbocycles. The maximum absolute atomic E-state index is 14.1. The molecule has 12 heteroatoms. The SMILES string of the molecule is CN[C@H](C(=O)O[C@@H](c1ccccc1)[C@@H](NC(=O)C(NC(=O)[C@@H]([C@@H](O)c1ccccc1)N(C)C)=C(C)C)C(=O)N/C=C\c1ccc(O)cc1)C(C)C. The number of carbonyl (C=O) groups excluding carboxylic acids is 4. The standard InChI is InChI=1S/C39H49N5O7/c1-24(2)30(42-38(49)33(44(6)7)34(46)27-14-10-8-11-15-27)37(48)43-32(36(47)41-23-22-26-18-20-29(45)21-19-26)35(28-16-12-9-13-17-28)51-39(50)31(40-5)25(3)4/h8-23,25,31-35,40,45-46H,1-7H3,(H,41,47)(H,42,49)(H,43,48)/b23-22-/t31-,32+,33+,34-,35-/m0/s1. The number of esters is 1. The average molecular weight is 700 g/mol. The Labute approximate surface area is 299 Å². The first kappa shape index (κ1) is 40.1. The summed E-state index contributed by atoms with van der Waals surface area (Å²) in [5.41, 5.74) is 1.91. The van der Waals surface area contributed by atoms with Gasteiger partial charge in [0.1, 0.15) is 35.7 Å². The van der Waals surface area contributed by atoms with E-state index in [4.69, 9.17) is 4.74 Å². The van der Waals surface area contributed by atoms with Crippen molar-refractivity contribution in [3.8, 4) is 5.75 Å². The van der Waals surface area contributed by atoms with Crippen molar-refractivity contribution in [2.45, 2.75) is 58.0 Å². The maximum atomic E-state index is 14.1. The monoisotopic (exact) mass is 699 g/mol. The van der Waals surface area contributed by atoms with Crippen LogP contribution in [-0.2, 0) is 23.9 Å². The number of hydrogen-bond donors (Lipinski definition) is 6. The number of aliphatic hydroxyl groups is 1. The molecule has 12 nitrogen and oxygen atoms in total. The van der Waals surface area contributed by atoms with E-state index in [0.29, 0.717) is 22.3 Å². The van der Waals surface area contributed by atoms with Crippen LogP contribution < -0.4 is 21.3 Å². The largest absolute Gasteiger partial charge is 0.508 e. The van der Waals surface area contributed by atoms with Crippen molar-refractivity contribution in [3.05, 3.63) is 119 Å². The molecule has 0 fully saturated rings. The zero-order valence-electron chi connectivity index (χ0n) is 30.1. The van der Waals surface area contributed by atoms with Gasteiger partial charge in [-0.3, -0.25) is 24.1 Å². The topological polar surface area (TPSA) is 169 Å². The van der Waals surface area contributed by atoms with Crippen molar-refractivity contribution in [1.82, 2.24) is 26.2 Å². The predicted molar refractivity (Wildman–Crippen MR) is 196 cm³/mol. The molecule has 0 radical (unpaired) electrons. The Bertz CT molecular complexity index is 1670. The first-order valence-corrected chi connectivity index (χ1v) is 16.6. The minimum Gasteiger partial charge on any atom is -0.508 e. The summed E-state index contributed by atoms with van der Waals surface area (Å²) < 4.78 is 6.01. The van der Waals surface area contributed by atoms with Gasteiger partial charge in [0, 0.05) is 6.20 Å². The molecule has 0 aliphatic rings. The molecule has 0 aromatic heterocycles. The van der Waals surface area contributed by atoms with E-state index < -0.39 is 54.0 Å². The lowest BCUT2D eigenvalue weighted by Gasteiger charge is -2.31. The van der Waals surface area contributed by atoms with Crippen LogP contribution in [0, 0.1) is 5.92 Å². The van der Waals surface area contributed by atoms with Crippen LogP contribution in [-0.4, -0.2) is 78.1 Å². The molecule has 3 rings (SSSR count). The third kappa shape index (κ3) is 11.4. The molecule has 0 aliphatic heterocycles. The summed E-state index contributed by atoms with van der Waals surface area (Å²) in [5.74, 6) is -2.88. The number of allylic oxidation sites excluding steroid dienone is 1. The van der Waals surface area contributed by atoms with Crippen molar-refractivity contribution in [2.75, 3.05) is 21.1 Å². The van der Waals surface area contributed by atoms with Gasteiger partial charge in [0.05, 0.1) is 0 Å². The van der Waals surface area contributed by atoms with Gasteiger partial charge in [-0.15, -0.1) is 0 Å². The zero-order chi connectivity index (χ0) is 37.7. The molecule has 0 aliphatic carbocycles. The van der Waals surface area contributed by atoms with Crippen molar-refractivity contribution in [2.24, 2.45) is 5.92 Å². The van der Waals surface area contributed by atoms with E-state index in [-0.39, 0.29) is 17.4 Å². The second kappa shape index (κ2) is 19.2. The van der Waals surface area contributed by atoms with E-state index in [2.05, 4.69) is 21.3 Å². The lowest BCUT2D eigenvalue weighted by molar-refractivity contribution is -0.157. The number of amides is 3. The molecule has 0 spiro atoms. The van der Waals surface area contributed by atoms with E-state index >= 15 is 0 Å². The van der Waals surface area contributed by atoms with Gasteiger partial charge in [-0.2, -0.15) is 0 Å². The number of nitrogens with zero attached hydrogens (tertiary/aromatic N) is 1. The summed E-state index contributed by atoms with van der Waals surface area (Å²) in [5, 5.41) is 31.8. The highest BCUT2D eigenvalue weighted by molar-refractivity contribution is 6.01. The summed E-state index contributed by atoms with van der Waals surface area (Å²) in [6, 6.07) is 20.3. The lowest BCUT2D eigenvalue weighted by atomic mass is 9.99. The summed E-state index contributed by atoms with van der Waals surface area (Å²) in [4.78, 5) is 56.8. The number of aliphatic hydroxyl groups excluding tert-OH is 1. The van der Waals surface area contributed by atoms with Gasteiger partial charge in [0.25, 0.3) is 11.8 Å². The van der Waals surface area contributed by atoms with Gasteiger partial charge in [-0.1, -0.05) is 86.6 Å². The highest BCUT2D eigenvalue weighted by Crippen LogP contribution is 2.25. The quantitative estimate of drug-likeness (QED) is 0.0967. The van der Waals surface area contributed by atoms with Crippen LogP contribution in [0.25, 0.3) is 6.08 Å². The first-order valence-electron chi connectivity index (χ1n) is 16.6. The van der Waals surface area contributed by atoms with Crippen molar-refractivity contribution < 1.29 is 34.1 Å². The fourth-order valence-corrected chi connectivity index (χ4v) is 5.38. The van der Waals surface area contributed by atoms with Gasteiger partial charge in [-0.05, 0) is 81.4 Å². The fraction of sp³-hybridized carbons (Fsp3) is 0.333. The van der Waals surface area contributed by atoms with Crippen molar-refractivity contribution >= 4 is 29.8 Å². The van der Waals surface area contributed by atoms with Gasteiger partial charge in [-0.25, -0.2) is 0 Å². The number of hydrogen-bond acceptors (Lipinski definition) is 9. The van der Waals surface area contributed by atoms with Crippen LogP contribution in [0.4, 0.5) is 0 Å². The van der Waals surface area contributed by atoms with Crippen LogP contribution in [0.5, 0.6) is 5.75 Å². The second-order valence-corrected chi connectivity index (χ2v) is 12.8.